The van der Waals surface area contributed by atoms with Crippen molar-refractivity contribution in [2.24, 2.45) is 5.73 Å². The zero-order valence-corrected chi connectivity index (χ0v) is 10.5. The van der Waals surface area contributed by atoms with Crippen LogP contribution in [-0.4, -0.2) is 19.2 Å². The predicted molar refractivity (Wildman–Crippen MR) is 70.2 cm³/mol. The van der Waals surface area contributed by atoms with Crippen LogP contribution in [0.2, 0.25) is 0 Å². The van der Waals surface area contributed by atoms with Gasteiger partial charge in [-0.15, -0.1) is 0 Å². The Kier molecular flexibility index (Phi) is 4.40. The van der Waals surface area contributed by atoms with Crippen molar-refractivity contribution in [2.45, 2.75) is 38.3 Å². The van der Waals surface area contributed by atoms with Gasteiger partial charge in [-0.2, -0.15) is 0 Å². The van der Waals surface area contributed by atoms with Crippen LogP contribution in [0.1, 0.15) is 37.8 Å². The smallest absolute Gasteiger partial charge is 0.119 e. The summed E-state index contributed by atoms with van der Waals surface area (Å²) in [6, 6.07) is 9.24. The monoisotopic (exact) mass is 234 g/mol. The number of benzene rings is 1. The standard InChI is InChI=1S/C14H22N2O/c1-2-9-17-13-7-3-11(4-8-13)14(10-15)16-12-5-6-12/h3-4,7-8,12,14,16H,2,5-6,9-10,15H2,1H3. The molecule has 0 saturated heterocycles. The van der Waals surface area contributed by atoms with Gasteiger partial charge in [-0.05, 0) is 37.0 Å². The molecule has 1 saturated carbocycles. The third-order valence-corrected chi connectivity index (χ3v) is 3.01. The van der Waals surface area contributed by atoms with E-state index < -0.39 is 0 Å². The van der Waals surface area contributed by atoms with Crippen LogP contribution in [0.15, 0.2) is 24.3 Å². The fourth-order valence-electron chi connectivity index (χ4n) is 1.85. The molecule has 3 heteroatoms. The van der Waals surface area contributed by atoms with E-state index in [1.165, 1.54) is 18.4 Å². The highest BCUT2D eigenvalue weighted by Gasteiger charge is 2.24. The first-order valence-electron chi connectivity index (χ1n) is 6.52. The van der Waals surface area contributed by atoms with Crippen molar-refractivity contribution in [1.82, 2.24) is 5.32 Å². The summed E-state index contributed by atoms with van der Waals surface area (Å²) in [6.07, 6.45) is 3.61. The molecule has 0 aliphatic heterocycles. The van der Waals surface area contributed by atoms with E-state index in [2.05, 4.69) is 24.4 Å². The summed E-state index contributed by atoms with van der Waals surface area (Å²) < 4.78 is 5.57. The van der Waals surface area contributed by atoms with Gasteiger partial charge in [0, 0.05) is 18.6 Å². The number of nitrogens with one attached hydrogen (secondary N) is 1. The Morgan fingerprint density at radius 3 is 2.59 bits per heavy atom. The second kappa shape index (κ2) is 6.03. The second-order valence-corrected chi connectivity index (χ2v) is 4.65. The summed E-state index contributed by atoms with van der Waals surface area (Å²) in [7, 11) is 0. The minimum Gasteiger partial charge on any atom is -0.494 e. The highest BCUT2D eigenvalue weighted by atomic mass is 16.5. The number of ether oxygens (including phenoxy) is 1. The fraction of sp³-hybridized carbons (Fsp3) is 0.571. The lowest BCUT2D eigenvalue weighted by Gasteiger charge is -2.17. The lowest BCUT2D eigenvalue weighted by molar-refractivity contribution is 0.317. The minimum atomic E-state index is 0.280. The van der Waals surface area contributed by atoms with Gasteiger partial charge in [-0.1, -0.05) is 19.1 Å². The lowest BCUT2D eigenvalue weighted by atomic mass is 10.1. The first kappa shape index (κ1) is 12.4. The third kappa shape index (κ3) is 3.72. The number of hydrogen-bond acceptors (Lipinski definition) is 3. The van der Waals surface area contributed by atoms with Gasteiger partial charge in [-0.3, -0.25) is 0 Å². The van der Waals surface area contributed by atoms with Crippen molar-refractivity contribution in [3.63, 3.8) is 0 Å². The minimum absolute atomic E-state index is 0.280. The van der Waals surface area contributed by atoms with Gasteiger partial charge in [0.1, 0.15) is 5.75 Å². The summed E-state index contributed by atoms with van der Waals surface area (Å²) in [6.45, 7) is 3.53. The molecule has 0 bridgehead atoms. The average Bonchev–Trinajstić information content (AvgIpc) is 3.18. The molecule has 1 unspecified atom stereocenters. The Morgan fingerprint density at radius 1 is 1.35 bits per heavy atom. The largest absolute Gasteiger partial charge is 0.494 e. The van der Waals surface area contributed by atoms with Crippen LogP contribution < -0.4 is 15.8 Å². The second-order valence-electron chi connectivity index (χ2n) is 4.65. The van der Waals surface area contributed by atoms with E-state index in [1.807, 2.05) is 12.1 Å². The maximum Gasteiger partial charge on any atom is 0.119 e. The van der Waals surface area contributed by atoms with E-state index in [4.69, 9.17) is 10.5 Å². The maximum atomic E-state index is 5.81. The molecule has 1 aromatic carbocycles. The van der Waals surface area contributed by atoms with Crippen LogP contribution in [0.3, 0.4) is 0 Å². The molecule has 0 spiro atoms. The molecule has 0 amide bonds. The highest BCUT2D eigenvalue weighted by Crippen LogP contribution is 2.24. The molecular formula is C14H22N2O. The van der Waals surface area contributed by atoms with Gasteiger partial charge in [0.25, 0.3) is 0 Å². The summed E-state index contributed by atoms with van der Waals surface area (Å²) in [5.41, 5.74) is 7.06. The van der Waals surface area contributed by atoms with Gasteiger partial charge in [-0.25, -0.2) is 0 Å². The Bertz CT molecular complexity index is 333. The van der Waals surface area contributed by atoms with Gasteiger partial charge in [0.2, 0.25) is 0 Å². The van der Waals surface area contributed by atoms with Crippen molar-refractivity contribution in [2.75, 3.05) is 13.2 Å². The topological polar surface area (TPSA) is 47.3 Å². The van der Waals surface area contributed by atoms with Crippen LogP contribution in [0.25, 0.3) is 0 Å². The van der Waals surface area contributed by atoms with Crippen molar-refractivity contribution in [1.29, 1.82) is 0 Å². The molecule has 1 fully saturated rings. The van der Waals surface area contributed by atoms with E-state index in [0.29, 0.717) is 12.6 Å². The molecule has 1 aromatic rings. The number of rotatable bonds is 7. The summed E-state index contributed by atoms with van der Waals surface area (Å²) in [5, 5.41) is 3.55. The predicted octanol–water partition coefficient (Wildman–Crippen LogP) is 2.23. The van der Waals surface area contributed by atoms with Crippen molar-refractivity contribution >= 4 is 0 Å². The van der Waals surface area contributed by atoms with E-state index >= 15 is 0 Å². The molecule has 3 nitrogen and oxygen atoms in total. The van der Waals surface area contributed by atoms with E-state index in [0.717, 1.165) is 18.8 Å². The van der Waals surface area contributed by atoms with Crippen molar-refractivity contribution in [3.8, 4) is 5.75 Å². The Hall–Kier alpha value is -1.06. The number of nitrogens with two attached hydrogens (primary N) is 1. The zero-order valence-electron chi connectivity index (χ0n) is 10.5. The lowest BCUT2D eigenvalue weighted by Crippen LogP contribution is -2.29. The Morgan fingerprint density at radius 2 is 2.06 bits per heavy atom. The van der Waals surface area contributed by atoms with E-state index in [1.54, 1.807) is 0 Å². The van der Waals surface area contributed by atoms with E-state index in [9.17, 15) is 0 Å². The molecular weight excluding hydrogens is 212 g/mol. The molecule has 0 heterocycles. The van der Waals surface area contributed by atoms with Crippen LogP contribution in [0, 0.1) is 0 Å². The van der Waals surface area contributed by atoms with Crippen LogP contribution in [0.4, 0.5) is 0 Å². The molecule has 0 aromatic heterocycles. The Balaban J connectivity index is 1.94. The molecule has 1 atom stereocenters. The summed E-state index contributed by atoms with van der Waals surface area (Å²) in [5.74, 6) is 0.942. The molecule has 1 aliphatic rings. The molecule has 3 N–H and O–H groups in total. The van der Waals surface area contributed by atoms with Gasteiger partial charge in [0.15, 0.2) is 0 Å². The molecule has 0 radical (unpaired) electrons. The number of hydrogen-bond donors (Lipinski definition) is 2. The normalized spacial score (nSPS) is 16.8. The summed E-state index contributed by atoms with van der Waals surface area (Å²) >= 11 is 0. The maximum absolute atomic E-state index is 5.81. The first-order chi connectivity index (χ1) is 8.33. The van der Waals surface area contributed by atoms with E-state index in [-0.39, 0.29) is 6.04 Å². The zero-order chi connectivity index (χ0) is 12.1. The van der Waals surface area contributed by atoms with Crippen LogP contribution in [0.5, 0.6) is 5.75 Å². The van der Waals surface area contributed by atoms with Gasteiger partial charge in [0.05, 0.1) is 6.61 Å². The first-order valence-corrected chi connectivity index (χ1v) is 6.52. The Labute approximate surface area is 103 Å². The molecule has 1 aliphatic carbocycles. The van der Waals surface area contributed by atoms with Crippen molar-refractivity contribution < 1.29 is 4.74 Å². The molecule has 94 valence electrons. The van der Waals surface area contributed by atoms with Crippen LogP contribution >= 0.6 is 0 Å². The van der Waals surface area contributed by atoms with Crippen molar-refractivity contribution in [3.05, 3.63) is 29.8 Å². The third-order valence-electron chi connectivity index (χ3n) is 3.01. The highest BCUT2D eigenvalue weighted by molar-refractivity contribution is 5.29. The fourth-order valence-corrected chi connectivity index (χ4v) is 1.85. The average molecular weight is 234 g/mol. The quantitative estimate of drug-likeness (QED) is 0.760. The SMILES string of the molecule is CCCOc1ccc(C(CN)NC2CC2)cc1. The van der Waals surface area contributed by atoms with Gasteiger partial charge >= 0.3 is 0 Å². The molecule has 17 heavy (non-hydrogen) atoms. The van der Waals surface area contributed by atoms with Crippen LogP contribution in [-0.2, 0) is 0 Å². The van der Waals surface area contributed by atoms with Gasteiger partial charge < -0.3 is 15.8 Å². The summed E-state index contributed by atoms with van der Waals surface area (Å²) in [4.78, 5) is 0. The molecule has 2 rings (SSSR count).